The molecule has 0 aliphatic rings. The number of thiazole rings is 2. The predicted molar refractivity (Wildman–Crippen MR) is 99.5 cm³/mol. The Morgan fingerprint density at radius 2 is 2.08 bits per heavy atom. The van der Waals surface area contributed by atoms with Crippen LogP contribution in [-0.2, 0) is 13.1 Å². The van der Waals surface area contributed by atoms with Crippen molar-refractivity contribution in [3.63, 3.8) is 0 Å². The molecule has 0 atom stereocenters. The molecular weight excluding hydrogens is 340 g/mol. The Balaban J connectivity index is 1.55. The number of hydrogen-bond acceptors (Lipinski definition) is 5. The van der Waals surface area contributed by atoms with Gasteiger partial charge in [0.15, 0.2) is 0 Å². The number of rotatable bonds is 5. The summed E-state index contributed by atoms with van der Waals surface area (Å²) in [5.41, 5.74) is 1.89. The summed E-state index contributed by atoms with van der Waals surface area (Å²) in [6, 6.07) is 7.89. The Bertz CT molecular complexity index is 807. The van der Waals surface area contributed by atoms with E-state index in [0.717, 1.165) is 25.9 Å². The van der Waals surface area contributed by atoms with E-state index in [0.29, 0.717) is 19.0 Å². The minimum Gasteiger partial charge on any atom is -0.332 e. The van der Waals surface area contributed by atoms with Gasteiger partial charge in [-0.3, -0.25) is 0 Å². The van der Waals surface area contributed by atoms with Gasteiger partial charge in [-0.1, -0.05) is 26.0 Å². The number of hydrogen-bond donors (Lipinski definition) is 1. The lowest BCUT2D eigenvalue weighted by molar-refractivity contribution is 0.206. The monoisotopic (exact) mass is 360 g/mol. The molecule has 0 fully saturated rings. The maximum atomic E-state index is 12.2. The van der Waals surface area contributed by atoms with E-state index in [-0.39, 0.29) is 6.03 Å². The normalized spacial score (nSPS) is 11.2. The van der Waals surface area contributed by atoms with Crippen LogP contribution in [0.25, 0.3) is 10.2 Å². The van der Waals surface area contributed by atoms with E-state index in [4.69, 9.17) is 0 Å². The van der Waals surface area contributed by atoms with E-state index in [1.807, 2.05) is 29.6 Å². The number of nitrogens with one attached hydrogen (secondary N) is 1. The van der Waals surface area contributed by atoms with Gasteiger partial charge in [-0.15, -0.1) is 22.7 Å². The van der Waals surface area contributed by atoms with Gasteiger partial charge >= 0.3 is 6.03 Å². The molecule has 2 amide bonds. The molecule has 0 saturated carbocycles. The average Bonchev–Trinajstić information content (AvgIpc) is 3.18. The van der Waals surface area contributed by atoms with Crippen molar-refractivity contribution in [2.75, 3.05) is 7.05 Å². The summed E-state index contributed by atoms with van der Waals surface area (Å²) >= 11 is 3.26. The van der Waals surface area contributed by atoms with Crippen LogP contribution in [0.15, 0.2) is 29.6 Å². The second-order valence-electron chi connectivity index (χ2n) is 5.92. The summed E-state index contributed by atoms with van der Waals surface area (Å²) in [6.07, 6.45) is 0. The highest BCUT2D eigenvalue weighted by molar-refractivity contribution is 7.18. The number of fused-ring (bicyclic) bond motifs is 1. The fraction of sp³-hybridized carbons (Fsp3) is 0.353. The van der Waals surface area contributed by atoms with Crippen LogP contribution in [0.3, 0.4) is 0 Å². The van der Waals surface area contributed by atoms with E-state index in [2.05, 4.69) is 29.1 Å². The first kappa shape index (κ1) is 16.9. The minimum atomic E-state index is -0.117. The van der Waals surface area contributed by atoms with Gasteiger partial charge in [0.25, 0.3) is 0 Å². The molecule has 1 N–H and O–H groups in total. The zero-order chi connectivity index (χ0) is 17.1. The van der Waals surface area contributed by atoms with Crippen molar-refractivity contribution in [2.24, 2.45) is 0 Å². The maximum absolute atomic E-state index is 12.2. The number of amides is 2. The summed E-state index contributed by atoms with van der Waals surface area (Å²) in [5.74, 6) is 0.418. The van der Waals surface area contributed by atoms with Crippen LogP contribution in [0, 0.1) is 0 Å². The molecule has 0 bridgehead atoms. The molecule has 0 unspecified atom stereocenters. The van der Waals surface area contributed by atoms with Gasteiger partial charge in [-0.2, -0.15) is 0 Å². The molecule has 1 aromatic carbocycles. The smallest absolute Gasteiger partial charge is 0.317 e. The Hall–Kier alpha value is -1.99. The summed E-state index contributed by atoms with van der Waals surface area (Å²) in [7, 11) is 1.78. The SMILES string of the molecule is CC(C)c1nc(CNC(=O)N(C)Cc2nc3ccccc3s2)cs1. The molecule has 2 aromatic heterocycles. The maximum Gasteiger partial charge on any atom is 0.317 e. The van der Waals surface area contributed by atoms with Crippen molar-refractivity contribution in [2.45, 2.75) is 32.9 Å². The first-order valence-electron chi connectivity index (χ1n) is 7.80. The molecule has 2 heterocycles. The third-order valence-corrected chi connectivity index (χ3v) is 5.76. The molecule has 126 valence electrons. The largest absolute Gasteiger partial charge is 0.332 e. The Morgan fingerprint density at radius 1 is 1.29 bits per heavy atom. The highest BCUT2D eigenvalue weighted by Crippen LogP contribution is 2.22. The zero-order valence-electron chi connectivity index (χ0n) is 13.9. The fourth-order valence-corrected chi connectivity index (χ4v) is 4.09. The lowest BCUT2D eigenvalue weighted by atomic mass is 10.2. The van der Waals surface area contributed by atoms with Crippen LogP contribution >= 0.6 is 22.7 Å². The number of carbonyl (C=O) groups excluding carboxylic acids is 1. The number of benzene rings is 1. The van der Waals surface area contributed by atoms with E-state index in [1.54, 1.807) is 34.6 Å². The van der Waals surface area contributed by atoms with Gasteiger partial charge in [-0.05, 0) is 12.1 Å². The molecule has 5 nitrogen and oxygen atoms in total. The highest BCUT2D eigenvalue weighted by atomic mass is 32.1. The summed E-state index contributed by atoms with van der Waals surface area (Å²) in [4.78, 5) is 23.0. The van der Waals surface area contributed by atoms with Crippen molar-refractivity contribution in [1.82, 2.24) is 20.2 Å². The summed E-state index contributed by atoms with van der Waals surface area (Å²) < 4.78 is 1.14. The highest BCUT2D eigenvalue weighted by Gasteiger charge is 2.13. The van der Waals surface area contributed by atoms with E-state index < -0.39 is 0 Å². The molecule has 0 aliphatic carbocycles. The molecule has 7 heteroatoms. The first-order chi connectivity index (χ1) is 11.5. The van der Waals surface area contributed by atoms with Crippen LogP contribution in [0.4, 0.5) is 4.79 Å². The molecule has 0 radical (unpaired) electrons. The van der Waals surface area contributed by atoms with Crippen molar-refractivity contribution in [3.8, 4) is 0 Å². The lowest BCUT2D eigenvalue weighted by Crippen LogP contribution is -2.36. The van der Waals surface area contributed by atoms with E-state index in [9.17, 15) is 4.79 Å². The molecule has 24 heavy (non-hydrogen) atoms. The third kappa shape index (κ3) is 3.91. The first-order valence-corrected chi connectivity index (χ1v) is 9.50. The average molecular weight is 361 g/mol. The Kier molecular flexibility index (Phi) is 5.11. The summed E-state index contributed by atoms with van der Waals surface area (Å²) in [5, 5.41) is 6.95. The number of aromatic nitrogens is 2. The predicted octanol–water partition coefficient (Wildman–Crippen LogP) is 4.22. The Morgan fingerprint density at radius 3 is 2.79 bits per heavy atom. The van der Waals surface area contributed by atoms with Crippen LogP contribution < -0.4 is 5.32 Å². The van der Waals surface area contributed by atoms with E-state index in [1.165, 1.54) is 0 Å². The second kappa shape index (κ2) is 7.27. The van der Waals surface area contributed by atoms with Crippen LogP contribution in [-0.4, -0.2) is 27.9 Å². The van der Waals surface area contributed by atoms with Gasteiger partial charge in [0.05, 0.1) is 34.0 Å². The van der Waals surface area contributed by atoms with Crippen LogP contribution in [0.1, 0.15) is 35.5 Å². The summed E-state index contributed by atoms with van der Waals surface area (Å²) in [6.45, 7) is 5.19. The van der Waals surface area contributed by atoms with Crippen LogP contribution in [0.2, 0.25) is 0 Å². The number of urea groups is 1. The van der Waals surface area contributed by atoms with Gasteiger partial charge in [-0.25, -0.2) is 14.8 Å². The number of para-hydroxylation sites is 1. The third-order valence-electron chi connectivity index (χ3n) is 3.54. The van der Waals surface area contributed by atoms with Crippen LogP contribution in [0.5, 0.6) is 0 Å². The van der Waals surface area contributed by atoms with Gasteiger partial charge in [0, 0.05) is 18.3 Å². The van der Waals surface area contributed by atoms with Crippen molar-refractivity contribution in [3.05, 3.63) is 45.4 Å². The minimum absolute atomic E-state index is 0.117. The standard InChI is InChI=1S/C17H20N4OS2/c1-11(2)16-19-12(10-23-16)8-18-17(22)21(3)9-15-20-13-6-4-5-7-14(13)24-15/h4-7,10-11H,8-9H2,1-3H3,(H,18,22). The molecule has 0 spiro atoms. The van der Waals surface area contributed by atoms with Gasteiger partial charge in [0.1, 0.15) is 5.01 Å². The van der Waals surface area contributed by atoms with E-state index >= 15 is 0 Å². The second-order valence-corrected chi connectivity index (χ2v) is 7.93. The quantitative estimate of drug-likeness (QED) is 0.741. The number of carbonyl (C=O) groups is 1. The van der Waals surface area contributed by atoms with Gasteiger partial charge < -0.3 is 10.2 Å². The fourth-order valence-electron chi connectivity index (χ4n) is 2.23. The van der Waals surface area contributed by atoms with Crippen molar-refractivity contribution in [1.29, 1.82) is 0 Å². The van der Waals surface area contributed by atoms with Crippen molar-refractivity contribution < 1.29 is 4.79 Å². The van der Waals surface area contributed by atoms with Crippen molar-refractivity contribution >= 4 is 38.9 Å². The van der Waals surface area contributed by atoms with Gasteiger partial charge in [0.2, 0.25) is 0 Å². The number of nitrogens with zero attached hydrogens (tertiary/aromatic N) is 3. The molecule has 3 aromatic rings. The Labute approximate surface area is 149 Å². The lowest BCUT2D eigenvalue weighted by Gasteiger charge is -2.16. The molecule has 0 saturated heterocycles. The molecule has 3 rings (SSSR count). The zero-order valence-corrected chi connectivity index (χ0v) is 15.6. The molecular formula is C17H20N4OS2. The molecule has 0 aliphatic heterocycles. The topological polar surface area (TPSA) is 58.1 Å².